The molecule has 168 valence electrons. The van der Waals surface area contributed by atoms with Gasteiger partial charge in [-0.1, -0.05) is 6.07 Å². The van der Waals surface area contributed by atoms with E-state index < -0.39 is 17.4 Å². The number of nitrogens with zero attached hydrogens (tertiary/aromatic N) is 2. The van der Waals surface area contributed by atoms with Gasteiger partial charge in [0.15, 0.2) is 0 Å². The van der Waals surface area contributed by atoms with E-state index in [9.17, 15) is 19.2 Å². The molecule has 0 bridgehead atoms. The van der Waals surface area contributed by atoms with Crippen molar-refractivity contribution in [3.05, 3.63) is 45.2 Å². The van der Waals surface area contributed by atoms with Crippen molar-refractivity contribution >= 4 is 35.2 Å². The molecule has 1 saturated heterocycles. The third-order valence-electron chi connectivity index (χ3n) is 5.94. The third-order valence-corrected chi connectivity index (χ3v) is 5.94. The highest BCUT2D eigenvalue weighted by Crippen LogP contribution is 2.31. The van der Waals surface area contributed by atoms with Gasteiger partial charge < -0.3 is 21.3 Å². The minimum Gasteiger partial charge on any atom is -0.369 e. The first-order chi connectivity index (χ1) is 15.2. The number of rotatable bonds is 4. The zero-order valence-corrected chi connectivity index (χ0v) is 18.0. The molecule has 0 spiro atoms. The molecular formula is C22H26N6O4. The van der Waals surface area contributed by atoms with E-state index in [0.717, 1.165) is 11.1 Å². The molecule has 2 aliphatic rings. The summed E-state index contributed by atoms with van der Waals surface area (Å²) in [4.78, 5) is 58.7. The molecule has 0 aliphatic carbocycles. The van der Waals surface area contributed by atoms with Crippen LogP contribution in [0.3, 0.4) is 0 Å². The fourth-order valence-electron chi connectivity index (χ4n) is 4.39. The lowest BCUT2D eigenvalue weighted by atomic mass is 9.92. The second kappa shape index (κ2) is 8.45. The van der Waals surface area contributed by atoms with E-state index in [-0.39, 0.29) is 35.5 Å². The molecule has 3 heterocycles. The fraction of sp³-hybridized carbons (Fsp3) is 0.409. The van der Waals surface area contributed by atoms with Crippen LogP contribution < -0.4 is 26.8 Å². The molecule has 3 amide bonds. The van der Waals surface area contributed by atoms with Crippen molar-refractivity contribution in [2.45, 2.75) is 39.0 Å². The molecule has 32 heavy (non-hydrogen) atoms. The SMILES string of the molecule is Cc1cc(C)cc(NC(=O)[C@@H]2CC(=O)Nc3nc(N4CCC(C(N)=O)CC4)[nH]c(=O)c32)c1. The van der Waals surface area contributed by atoms with E-state index in [1.165, 1.54) is 0 Å². The Hall–Kier alpha value is -3.69. The zero-order valence-electron chi connectivity index (χ0n) is 18.0. The van der Waals surface area contributed by atoms with Crippen molar-refractivity contribution in [3.63, 3.8) is 0 Å². The summed E-state index contributed by atoms with van der Waals surface area (Å²) in [5.41, 5.74) is 7.65. The van der Waals surface area contributed by atoms with E-state index in [2.05, 4.69) is 20.6 Å². The number of anilines is 3. The van der Waals surface area contributed by atoms with E-state index in [1.807, 2.05) is 36.9 Å². The van der Waals surface area contributed by atoms with Crippen LogP contribution in [0.2, 0.25) is 0 Å². The monoisotopic (exact) mass is 438 g/mol. The number of fused-ring (bicyclic) bond motifs is 1. The molecule has 2 aliphatic heterocycles. The first-order valence-corrected chi connectivity index (χ1v) is 10.6. The number of aryl methyl sites for hydroxylation is 2. The predicted octanol–water partition coefficient (Wildman–Crippen LogP) is 1.15. The number of primary amides is 1. The minimum absolute atomic E-state index is 0.0950. The number of nitrogens with two attached hydrogens (primary N) is 1. The van der Waals surface area contributed by atoms with Gasteiger partial charge in [0.05, 0.1) is 11.5 Å². The molecule has 1 aromatic heterocycles. The predicted molar refractivity (Wildman–Crippen MR) is 120 cm³/mol. The van der Waals surface area contributed by atoms with Crippen molar-refractivity contribution in [2.75, 3.05) is 28.6 Å². The number of aromatic amines is 1. The zero-order chi connectivity index (χ0) is 23.0. The van der Waals surface area contributed by atoms with Gasteiger partial charge in [0.2, 0.25) is 23.7 Å². The van der Waals surface area contributed by atoms with Gasteiger partial charge in [0.25, 0.3) is 5.56 Å². The topological polar surface area (TPSA) is 150 Å². The first kappa shape index (κ1) is 21.5. The van der Waals surface area contributed by atoms with Gasteiger partial charge in [-0.25, -0.2) is 0 Å². The van der Waals surface area contributed by atoms with Gasteiger partial charge in [-0.15, -0.1) is 0 Å². The third kappa shape index (κ3) is 4.34. The summed E-state index contributed by atoms with van der Waals surface area (Å²) < 4.78 is 0. The summed E-state index contributed by atoms with van der Waals surface area (Å²) >= 11 is 0. The van der Waals surface area contributed by atoms with Gasteiger partial charge in [-0.3, -0.25) is 24.2 Å². The Morgan fingerprint density at radius 3 is 2.41 bits per heavy atom. The molecule has 1 aromatic carbocycles. The maximum atomic E-state index is 13.0. The molecule has 10 nitrogen and oxygen atoms in total. The summed E-state index contributed by atoms with van der Waals surface area (Å²) in [6.07, 6.45) is 0.977. The first-order valence-electron chi connectivity index (χ1n) is 10.6. The van der Waals surface area contributed by atoms with E-state index in [4.69, 9.17) is 5.73 Å². The second-order valence-corrected chi connectivity index (χ2v) is 8.49. The molecule has 4 rings (SSSR count). The van der Waals surface area contributed by atoms with E-state index in [0.29, 0.717) is 37.6 Å². The normalized spacial score (nSPS) is 18.6. The summed E-state index contributed by atoms with van der Waals surface area (Å²) in [5, 5.41) is 5.45. The summed E-state index contributed by atoms with van der Waals surface area (Å²) in [6.45, 7) is 4.85. The van der Waals surface area contributed by atoms with Gasteiger partial charge in [0.1, 0.15) is 5.82 Å². The Morgan fingerprint density at radius 1 is 1.12 bits per heavy atom. The molecule has 10 heteroatoms. The lowest BCUT2D eigenvalue weighted by molar-refractivity contribution is -0.123. The Balaban J connectivity index is 1.60. The standard InChI is InChI=1S/C22H26N6O4/c1-11-7-12(2)9-14(8-11)24-20(31)15-10-16(29)25-19-17(15)21(32)27-22(26-19)28-5-3-13(4-6-28)18(23)30/h7-9,13,15H,3-6,10H2,1-2H3,(H2,23,30)(H,24,31)(H2,25,26,27,29,32)/t15-/m1/s1. The molecule has 1 fully saturated rings. The average molecular weight is 438 g/mol. The summed E-state index contributed by atoms with van der Waals surface area (Å²) in [5.74, 6) is -1.91. The minimum atomic E-state index is -0.953. The van der Waals surface area contributed by atoms with Gasteiger partial charge in [0, 0.05) is 31.1 Å². The number of carbonyl (C=O) groups is 3. The molecular weight excluding hydrogens is 412 g/mol. The van der Waals surface area contributed by atoms with Crippen LogP contribution in [0.25, 0.3) is 0 Å². The Kier molecular flexibility index (Phi) is 5.68. The van der Waals surface area contributed by atoms with Crippen LogP contribution in [-0.2, 0) is 14.4 Å². The van der Waals surface area contributed by atoms with Crippen LogP contribution in [0, 0.1) is 19.8 Å². The number of piperidine rings is 1. The van der Waals surface area contributed by atoms with Crippen LogP contribution in [0.15, 0.2) is 23.0 Å². The van der Waals surface area contributed by atoms with Gasteiger partial charge in [-0.2, -0.15) is 4.98 Å². The van der Waals surface area contributed by atoms with Gasteiger partial charge in [-0.05, 0) is 49.9 Å². The summed E-state index contributed by atoms with van der Waals surface area (Å²) in [6, 6.07) is 5.65. The molecule has 2 aromatic rings. The maximum absolute atomic E-state index is 13.0. The highest BCUT2D eigenvalue weighted by Gasteiger charge is 2.35. The summed E-state index contributed by atoms with van der Waals surface area (Å²) in [7, 11) is 0. The Bertz CT molecular complexity index is 1130. The molecule has 1 atom stereocenters. The number of amides is 3. The van der Waals surface area contributed by atoms with Crippen molar-refractivity contribution in [1.29, 1.82) is 0 Å². The maximum Gasteiger partial charge on any atom is 0.258 e. The number of aromatic nitrogens is 2. The highest BCUT2D eigenvalue weighted by molar-refractivity contribution is 6.04. The lowest BCUT2D eigenvalue weighted by Crippen LogP contribution is -2.41. The Morgan fingerprint density at radius 2 is 1.78 bits per heavy atom. The van der Waals surface area contributed by atoms with E-state index in [1.54, 1.807) is 0 Å². The number of carbonyl (C=O) groups excluding carboxylic acids is 3. The van der Waals surface area contributed by atoms with Crippen LogP contribution in [-0.4, -0.2) is 40.8 Å². The number of hydrogen-bond donors (Lipinski definition) is 4. The van der Waals surface area contributed by atoms with Crippen molar-refractivity contribution in [3.8, 4) is 0 Å². The number of benzene rings is 1. The average Bonchev–Trinajstić information content (AvgIpc) is 2.72. The van der Waals surface area contributed by atoms with Gasteiger partial charge >= 0.3 is 0 Å². The molecule has 0 saturated carbocycles. The second-order valence-electron chi connectivity index (χ2n) is 8.49. The van der Waals surface area contributed by atoms with Crippen LogP contribution >= 0.6 is 0 Å². The number of H-pyrrole nitrogens is 1. The smallest absolute Gasteiger partial charge is 0.258 e. The number of hydrogen-bond acceptors (Lipinski definition) is 6. The molecule has 0 unspecified atom stereocenters. The van der Waals surface area contributed by atoms with Crippen LogP contribution in [0.5, 0.6) is 0 Å². The van der Waals surface area contributed by atoms with E-state index >= 15 is 0 Å². The Labute approximate surface area is 184 Å². The quantitative estimate of drug-likeness (QED) is 0.562. The fourth-order valence-corrected chi connectivity index (χ4v) is 4.39. The van der Waals surface area contributed by atoms with Crippen LogP contribution in [0.4, 0.5) is 17.5 Å². The van der Waals surface area contributed by atoms with Crippen molar-refractivity contribution in [2.24, 2.45) is 11.7 Å². The van der Waals surface area contributed by atoms with Crippen molar-refractivity contribution < 1.29 is 14.4 Å². The lowest BCUT2D eigenvalue weighted by Gasteiger charge is -2.32. The highest BCUT2D eigenvalue weighted by atomic mass is 16.2. The van der Waals surface area contributed by atoms with Crippen molar-refractivity contribution in [1.82, 2.24) is 9.97 Å². The largest absolute Gasteiger partial charge is 0.369 e. The van der Waals surface area contributed by atoms with Crippen LogP contribution in [0.1, 0.15) is 41.9 Å². The number of nitrogens with one attached hydrogen (secondary N) is 3. The molecule has 5 N–H and O–H groups in total. The molecule has 0 radical (unpaired) electrons.